The second kappa shape index (κ2) is 16.4. The zero-order valence-corrected chi connectivity index (χ0v) is 30.6. The van der Waals surface area contributed by atoms with Crippen LogP contribution in [0, 0.1) is 11.8 Å². The van der Waals surface area contributed by atoms with Crippen molar-refractivity contribution in [2.45, 2.75) is 109 Å². The highest BCUT2D eigenvalue weighted by atomic mass is 35.5. The number of hydrogen-bond acceptors (Lipinski definition) is 6. The number of β-amino-alcohol motifs (C(OH)–C–C–N with tert-alkyl or cyclic N) is 1. The molecular formula is C37H51Cl3N4O4. The lowest BCUT2D eigenvalue weighted by molar-refractivity contribution is -0.132. The molecule has 2 aromatic carbocycles. The summed E-state index contributed by atoms with van der Waals surface area (Å²) >= 11 is 18.7. The molecule has 1 aliphatic heterocycles. The van der Waals surface area contributed by atoms with E-state index >= 15 is 0 Å². The minimum absolute atomic E-state index is 0.0856. The lowest BCUT2D eigenvalue weighted by Crippen LogP contribution is -2.61. The minimum Gasteiger partial charge on any atom is -0.392 e. The third kappa shape index (κ3) is 10.1. The monoisotopic (exact) mass is 720 g/mol. The van der Waals surface area contributed by atoms with Gasteiger partial charge in [0.05, 0.1) is 28.3 Å². The molecule has 1 saturated heterocycles. The molecule has 2 aliphatic carbocycles. The Balaban J connectivity index is 1.28. The number of nitrogens with zero attached hydrogens (tertiary/aromatic N) is 2. The summed E-state index contributed by atoms with van der Waals surface area (Å²) in [6, 6.07) is 10.1. The zero-order chi connectivity index (χ0) is 34.6. The summed E-state index contributed by atoms with van der Waals surface area (Å²) in [5.41, 5.74) is 2.44. The van der Waals surface area contributed by atoms with Crippen LogP contribution in [0.2, 0.25) is 15.1 Å². The molecule has 0 radical (unpaired) electrons. The van der Waals surface area contributed by atoms with E-state index in [0.29, 0.717) is 60.0 Å². The number of carbonyl (C=O) groups excluding carboxylic acids is 2. The van der Waals surface area contributed by atoms with E-state index in [-0.39, 0.29) is 24.8 Å². The van der Waals surface area contributed by atoms with E-state index in [4.69, 9.17) is 34.8 Å². The molecule has 1 saturated carbocycles. The molecule has 11 heteroatoms. The highest BCUT2D eigenvalue weighted by molar-refractivity contribution is 6.42. The van der Waals surface area contributed by atoms with Gasteiger partial charge in [-0.3, -0.25) is 19.4 Å². The Hall–Kier alpha value is -1.91. The van der Waals surface area contributed by atoms with E-state index in [1.54, 1.807) is 6.07 Å². The predicted molar refractivity (Wildman–Crippen MR) is 192 cm³/mol. The highest BCUT2D eigenvalue weighted by Crippen LogP contribution is 2.36. The van der Waals surface area contributed by atoms with Crippen molar-refractivity contribution in [2.75, 3.05) is 26.2 Å². The summed E-state index contributed by atoms with van der Waals surface area (Å²) in [7, 11) is 0. The summed E-state index contributed by atoms with van der Waals surface area (Å²) in [5.74, 6) is -0.231. The van der Waals surface area contributed by atoms with Gasteiger partial charge in [-0.1, -0.05) is 79.0 Å². The van der Waals surface area contributed by atoms with E-state index < -0.39 is 35.7 Å². The van der Waals surface area contributed by atoms with Crippen LogP contribution in [0.1, 0.15) is 88.4 Å². The number of piperazine rings is 1. The maximum Gasteiger partial charge on any atom is 0.239 e. The van der Waals surface area contributed by atoms with Crippen LogP contribution >= 0.6 is 34.8 Å². The van der Waals surface area contributed by atoms with E-state index in [1.807, 2.05) is 51.1 Å². The molecule has 0 bridgehead atoms. The second-order valence-electron chi connectivity index (χ2n) is 15.2. The van der Waals surface area contributed by atoms with Crippen LogP contribution in [0.3, 0.4) is 0 Å². The number of aliphatic hydroxyl groups is 2. The normalized spacial score (nSPS) is 23.8. The van der Waals surface area contributed by atoms with Crippen molar-refractivity contribution >= 4 is 46.6 Å². The van der Waals surface area contributed by atoms with Gasteiger partial charge in [-0.25, -0.2) is 0 Å². The number of amides is 2. The number of halogens is 3. The van der Waals surface area contributed by atoms with Crippen molar-refractivity contribution in [2.24, 2.45) is 11.8 Å². The maximum absolute atomic E-state index is 14.0. The quantitative estimate of drug-likeness (QED) is 0.222. The van der Waals surface area contributed by atoms with Gasteiger partial charge < -0.3 is 20.8 Å². The molecule has 1 heterocycles. The average molecular weight is 722 g/mol. The van der Waals surface area contributed by atoms with Crippen molar-refractivity contribution in [3.8, 4) is 0 Å². The molecule has 8 nitrogen and oxygen atoms in total. The number of hydrogen-bond donors (Lipinski definition) is 4. The van der Waals surface area contributed by atoms with Crippen LogP contribution in [-0.4, -0.2) is 81.8 Å². The first-order valence-electron chi connectivity index (χ1n) is 17.4. The predicted octanol–water partition coefficient (Wildman–Crippen LogP) is 6.16. The summed E-state index contributed by atoms with van der Waals surface area (Å²) in [6.45, 7) is 8.57. The Labute approximate surface area is 300 Å². The van der Waals surface area contributed by atoms with Gasteiger partial charge in [0.2, 0.25) is 11.8 Å². The number of rotatable bonds is 11. The van der Waals surface area contributed by atoms with Gasteiger partial charge in [0.25, 0.3) is 0 Å². The number of benzene rings is 2. The first kappa shape index (κ1) is 37.3. The molecule has 2 aromatic rings. The molecule has 3 aliphatic rings. The van der Waals surface area contributed by atoms with Crippen molar-refractivity contribution in [1.82, 2.24) is 20.4 Å². The number of carbonyl (C=O) groups is 2. The highest BCUT2D eigenvalue weighted by Gasteiger charge is 2.38. The Bertz CT molecular complexity index is 1430. The van der Waals surface area contributed by atoms with E-state index in [1.165, 1.54) is 6.42 Å². The molecule has 264 valence electrons. The maximum atomic E-state index is 14.0. The summed E-state index contributed by atoms with van der Waals surface area (Å²) < 4.78 is 0. The Morgan fingerprint density at radius 2 is 1.75 bits per heavy atom. The van der Waals surface area contributed by atoms with Crippen LogP contribution in [0.5, 0.6) is 0 Å². The van der Waals surface area contributed by atoms with E-state index in [0.717, 1.165) is 42.4 Å². The average Bonchev–Trinajstić information content (AvgIpc) is 3.32. The van der Waals surface area contributed by atoms with Crippen LogP contribution < -0.4 is 10.6 Å². The van der Waals surface area contributed by atoms with Crippen molar-refractivity contribution in [3.63, 3.8) is 0 Å². The van der Waals surface area contributed by atoms with Crippen LogP contribution in [0.25, 0.3) is 0 Å². The fourth-order valence-electron chi connectivity index (χ4n) is 7.68. The Kier molecular flexibility index (Phi) is 12.8. The molecule has 2 amide bonds. The van der Waals surface area contributed by atoms with Gasteiger partial charge >= 0.3 is 0 Å². The molecule has 2 fully saturated rings. The molecule has 0 aromatic heterocycles. The largest absolute Gasteiger partial charge is 0.392 e. The van der Waals surface area contributed by atoms with E-state index in [9.17, 15) is 19.8 Å². The van der Waals surface area contributed by atoms with Gasteiger partial charge in [0.15, 0.2) is 0 Å². The lowest BCUT2D eigenvalue weighted by Gasteiger charge is -2.42. The molecular weight excluding hydrogens is 671 g/mol. The first-order valence-corrected chi connectivity index (χ1v) is 18.6. The topological polar surface area (TPSA) is 105 Å². The zero-order valence-electron chi connectivity index (χ0n) is 28.4. The fraction of sp³-hybridized carbons (Fsp3) is 0.622. The van der Waals surface area contributed by atoms with Gasteiger partial charge in [-0.2, -0.15) is 0 Å². The summed E-state index contributed by atoms with van der Waals surface area (Å²) in [6.07, 6.45) is 5.60. The van der Waals surface area contributed by atoms with E-state index in [2.05, 4.69) is 20.4 Å². The standard InChI is InChI=1S/C37H51Cl3N4O4/c1-37(2,3)42-36(48)32-22-43(20-24-9-12-30(39)31(40)16-24)13-14-44(32)21-28(45)17-26(15-23-7-5-4-6-8-23)35(47)41-34-29-19-27(38)11-10-25(29)18-33(34)46/h9-12,16,19,23,26,28,32-34,45-46H,4-8,13-15,17-18,20-22H2,1-3H3,(H,41,47)(H,42,48)/t26-,28+,32+,33-,34+/m1/s1. The second-order valence-corrected chi connectivity index (χ2v) is 16.4. The molecule has 5 atom stereocenters. The van der Waals surface area contributed by atoms with Crippen LogP contribution in [0.4, 0.5) is 0 Å². The lowest BCUT2D eigenvalue weighted by atomic mass is 9.80. The first-order chi connectivity index (χ1) is 22.8. The number of aliphatic hydroxyl groups excluding tert-OH is 2. The minimum atomic E-state index is -0.814. The molecule has 48 heavy (non-hydrogen) atoms. The molecule has 5 rings (SSSR count). The van der Waals surface area contributed by atoms with Gasteiger partial charge in [-0.15, -0.1) is 0 Å². The summed E-state index contributed by atoms with van der Waals surface area (Å²) in [5, 5.41) is 30.3. The van der Waals surface area contributed by atoms with Gasteiger partial charge in [0, 0.05) is 55.6 Å². The van der Waals surface area contributed by atoms with Gasteiger partial charge in [-0.05, 0) is 80.5 Å². The SMILES string of the molecule is CC(C)(C)NC(=O)[C@@H]1CN(Cc2ccc(Cl)c(Cl)c2)CCN1C[C@@H](O)C[C@@H](CC1CCCCC1)C(=O)N[C@H]1c2cc(Cl)ccc2C[C@H]1O. The third-order valence-corrected chi connectivity index (χ3v) is 11.0. The molecule has 0 spiro atoms. The Morgan fingerprint density at radius 3 is 2.46 bits per heavy atom. The van der Waals surface area contributed by atoms with Gasteiger partial charge in [0.1, 0.15) is 6.04 Å². The molecule has 4 N–H and O–H groups in total. The number of nitrogens with one attached hydrogen (secondary N) is 2. The van der Waals surface area contributed by atoms with Crippen molar-refractivity contribution < 1.29 is 19.8 Å². The summed E-state index contributed by atoms with van der Waals surface area (Å²) in [4.78, 5) is 31.9. The fourth-order valence-corrected chi connectivity index (χ4v) is 8.18. The smallest absolute Gasteiger partial charge is 0.239 e. The Morgan fingerprint density at radius 1 is 1.00 bits per heavy atom. The van der Waals surface area contributed by atoms with Crippen LogP contribution in [-0.2, 0) is 22.6 Å². The van der Waals surface area contributed by atoms with Crippen molar-refractivity contribution in [1.29, 1.82) is 0 Å². The molecule has 0 unspecified atom stereocenters. The number of fused-ring (bicyclic) bond motifs is 1. The third-order valence-electron chi connectivity index (χ3n) is 10.0. The van der Waals surface area contributed by atoms with Crippen molar-refractivity contribution in [3.05, 3.63) is 68.2 Å². The van der Waals surface area contributed by atoms with Crippen LogP contribution in [0.15, 0.2) is 36.4 Å².